The number of nitrogens with one attached hydrogen (secondary N) is 2. The van der Waals surface area contributed by atoms with Crippen LogP contribution in [0, 0.1) is 18.7 Å². The molecule has 190 valence electrons. The second-order valence-corrected chi connectivity index (χ2v) is 11.6. The maximum atomic E-state index is 13.1. The average molecular weight is 522 g/mol. The molecule has 10 heteroatoms. The summed E-state index contributed by atoms with van der Waals surface area (Å²) in [5.41, 5.74) is 1.74. The van der Waals surface area contributed by atoms with Crippen LogP contribution < -0.4 is 10.6 Å². The topological polar surface area (TPSA) is 95.6 Å². The van der Waals surface area contributed by atoms with Gasteiger partial charge in [-0.15, -0.1) is 0 Å². The first-order chi connectivity index (χ1) is 16.7. The molecule has 0 radical (unpaired) electrons. The van der Waals surface area contributed by atoms with Gasteiger partial charge in [-0.1, -0.05) is 29.8 Å². The summed E-state index contributed by atoms with van der Waals surface area (Å²) in [6.07, 6.45) is 3.19. The van der Waals surface area contributed by atoms with Gasteiger partial charge in [0.15, 0.2) is 0 Å². The largest absolute Gasteiger partial charge is 0.350 e. The average Bonchev–Trinajstić information content (AvgIpc) is 2.86. The molecule has 7 nitrogen and oxygen atoms in total. The number of hydrogen-bond donors (Lipinski definition) is 2. The van der Waals surface area contributed by atoms with Crippen LogP contribution in [0.15, 0.2) is 53.4 Å². The van der Waals surface area contributed by atoms with Gasteiger partial charge in [0.25, 0.3) is 0 Å². The van der Waals surface area contributed by atoms with Crippen LogP contribution in [0.4, 0.5) is 4.39 Å². The van der Waals surface area contributed by atoms with Crippen LogP contribution in [-0.4, -0.2) is 55.7 Å². The molecule has 2 amide bonds. The third kappa shape index (κ3) is 7.52. The fraction of sp³-hybridized carbons (Fsp3) is 0.440. The van der Waals surface area contributed by atoms with Gasteiger partial charge >= 0.3 is 0 Å². The van der Waals surface area contributed by atoms with E-state index in [4.69, 9.17) is 0 Å². The quantitative estimate of drug-likeness (QED) is 0.501. The third-order valence-electron chi connectivity index (χ3n) is 6.11. The maximum Gasteiger partial charge on any atom is 0.243 e. The molecule has 0 bridgehead atoms. The fourth-order valence-electron chi connectivity index (χ4n) is 3.93. The van der Waals surface area contributed by atoms with E-state index in [2.05, 4.69) is 10.6 Å². The van der Waals surface area contributed by atoms with Crippen LogP contribution in [0.1, 0.15) is 30.4 Å². The Morgan fingerprint density at radius 3 is 2.31 bits per heavy atom. The van der Waals surface area contributed by atoms with Gasteiger partial charge in [-0.2, -0.15) is 16.1 Å². The zero-order valence-corrected chi connectivity index (χ0v) is 21.6. The summed E-state index contributed by atoms with van der Waals surface area (Å²) in [5, 5.41) is 5.68. The summed E-state index contributed by atoms with van der Waals surface area (Å²) >= 11 is 1.58. The van der Waals surface area contributed by atoms with Crippen LogP contribution in [0.5, 0.6) is 0 Å². The molecule has 35 heavy (non-hydrogen) atoms. The SMILES string of the molecule is CSCCC(NC(=O)C1CCN(S(=O)(=O)c2ccc(C)cc2)CC1)C(=O)NCc1ccc(F)cc1. The highest BCUT2D eigenvalue weighted by Crippen LogP contribution is 2.24. The molecule has 2 aromatic carbocycles. The molecular weight excluding hydrogens is 489 g/mol. The van der Waals surface area contributed by atoms with Gasteiger partial charge in [-0.25, -0.2) is 12.8 Å². The number of thioether (sulfide) groups is 1. The number of carbonyl (C=O) groups is 2. The fourth-order valence-corrected chi connectivity index (χ4v) is 5.87. The zero-order chi connectivity index (χ0) is 25.4. The van der Waals surface area contributed by atoms with E-state index in [-0.39, 0.29) is 48.1 Å². The molecule has 1 aliphatic rings. The molecule has 1 saturated heterocycles. The monoisotopic (exact) mass is 521 g/mol. The number of sulfonamides is 1. The predicted molar refractivity (Wildman–Crippen MR) is 136 cm³/mol. The molecular formula is C25H32FN3O4S2. The zero-order valence-electron chi connectivity index (χ0n) is 20.0. The van der Waals surface area contributed by atoms with Gasteiger partial charge in [0.1, 0.15) is 11.9 Å². The van der Waals surface area contributed by atoms with Crippen molar-refractivity contribution in [3.63, 3.8) is 0 Å². The van der Waals surface area contributed by atoms with Gasteiger partial charge in [0, 0.05) is 25.6 Å². The Morgan fingerprint density at radius 2 is 1.71 bits per heavy atom. The molecule has 2 aromatic rings. The lowest BCUT2D eigenvalue weighted by Gasteiger charge is -2.31. The van der Waals surface area contributed by atoms with Crippen molar-refractivity contribution in [1.29, 1.82) is 0 Å². The highest BCUT2D eigenvalue weighted by Gasteiger charge is 2.33. The first-order valence-corrected chi connectivity index (χ1v) is 14.4. The van der Waals surface area contributed by atoms with Crippen molar-refractivity contribution in [2.75, 3.05) is 25.1 Å². The van der Waals surface area contributed by atoms with Crippen molar-refractivity contribution in [2.45, 2.75) is 43.7 Å². The molecule has 1 fully saturated rings. The lowest BCUT2D eigenvalue weighted by atomic mass is 9.96. The maximum absolute atomic E-state index is 13.1. The number of benzene rings is 2. The van der Waals surface area contributed by atoms with E-state index < -0.39 is 16.1 Å². The van der Waals surface area contributed by atoms with E-state index in [1.165, 1.54) is 16.4 Å². The molecule has 3 rings (SSSR count). The van der Waals surface area contributed by atoms with Gasteiger partial charge in [-0.3, -0.25) is 9.59 Å². The number of hydrogen-bond acceptors (Lipinski definition) is 5. The minimum atomic E-state index is -3.60. The van der Waals surface area contributed by atoms with E-state index in [9.17, 15) is 22.4 Å². The Balaban J connectivity index is 1.55. The molecule has 0 aromatic heterocycles. The standard InChI is InChI=1S/C25H32FN3O4S2/c1-18-3-9-22(10-4-18)35(32,33)29-14-11-20(12-15-29)24(30)28-23(13-16-34-2)25(31)27-17-19-5-7-21(26)8-6-19/h3-10,20,23H,11-17H2,1-2H3,(H,27,31)(H,28,30). The van der Waals surface area contributed by atoms with Gasteiger partial charge in [0.05, 0.1) is 4.90 Å². The second kappa shape index (κ2) is 12.5. The normalized spacial score (nSPS) is 16.0. The number of nitrogens with zero attached hydrogens (tertiary/aromatic N) is 1. The summed E-state index contributed by atoms with van der Waals surface area (Å²) in [5.74, 6) is -0.539. The molecule has 2 N–H and O–H groups in total. The van der Waals surface area contributed by atoms with Crippen molar-refractivity contribution in [3.05, 3.63) is 65.5 Å². The molecule has 1 unspecified atom stereocenters. The van der Waals surface area contributed by atoms with E-state index in [1.807, 2.05) is 13.2 Å². The molecule has 0 spiro atoms. The van der Waals surface area contributed by atoms with Crippen LogP contribution >= 0.6 is 11.8 Å². The number of carbonyl (C=O) groups excluding carboxylic acids is 2. The van der Waals surface area contributed by atoms with E-state index in [0.717, 1.165) is 11.1 Å². The molecule has 1 atom stereocenters. The minimum absolute atomic E-state index is 0.236. The van der Waals surface area contributed by atoms with Crippen molar-refractivity contribution in [3.8, 4) is 0 Å². The van der Waals surface area contributed by atoms with E-state index in [1.54, 1.807) is 48.2 Å². The van der Waals surface area contributed by atoms with Crippen molar-refractivity contribution in [1.82, 2.24) is 14.9 Å². The lowest BCUT2D eigenvalue weighted by molar-refractivity contribution is -0.132. The summed E-state index contributed by atoms with van der Waals surface area (Å²) in [6, 6.07) is 11.9. The Hall–Kier alpha value is -2.43. The van der Waals surface area contributed by atoms with Crippen molar-refractivity contribution in [2.24, 2.45) is 5.92 Å². The van der Waals surface area contributed by atoms with Gasteiger partial charge in [0.2, 0.25) is 21.8 Å². The number of amides is 2. The number of rotatable bonds is 10. The highest BCUT2D eigenvalue weighted by molar-refractivity contribution is 7.98. The van der Waals surface area contributed by atoms with Crippen LogP contribution in [0.2, 0.25) is 0 Å². The Morgan fingerprint density at radius 1 is 1.09 bits per heavy atom. The Labute approximate surface area is 210 Å². The predicted octanol–water partition coefficient (Wildman–Crippen LogP) is 3.09. The first kappa shape index (κ1) is 27.2. The molecule has 0 saturated carbocycles. The Bertz CT molecular complexity index is 1100. The molecule has 1 aliphatic heterocycles. The molecule has 0 aliphatic carbocycles. The summed E-state index contributed by atoms with van der Waals surface area (Å²) in [4.78, 5) is 26.0. The van der Waals surface area contributed by atoms with Crippen molar-refractivity contribution >= 4 is 33.6 Å². The lowest BCUT2D eigenvalue weighted by Crippen LogP contribution is -2.50. The van der Waals surface area contributed by atoms with E-state index >= 15 is 0 Å². The van der Waals surface area contributed by atoms with Crippen LogP contribution in [0.25, 0.3) is 0 Å². The van der Waals surface area contributed by atoms with E-state index in [0.29, 0.717) is 25.0 Å². The smallest absolute Gasteiger partial charge is 0.243 e. The van der Waals surface area contributed by atoms with Crippen LogP contribution in [-0.2, 0) is 26.2 Å². The summed E-state index contributed by atoms with van der Waals surface area (Å²) < 4.78 is 40.3. The summed E-state index contributed by atoms with van der Waals surface area (Å²) in [7, 11) is -3.60. The second-order valence-electron chi connectivity index (χ2n) is 8.68. The number of halogens is 1. The summed E-state index contributed by atoms with van der Waals surface area (Å²) in [6.45, 7) is 2.64. The van der Waals surface area contributed by atoms with Crippen molar-refractivity contribution < 1.29 is 22.4 Å². The highest BCUT2D eigenvalue weighted by atomic mass is 32.2. The van der Waals surface area contributed by atoms with Gasteiger partial charge in [-0.05, 0) is 68.0 Å². The van der Waals surface area contributed by atoms with Gasteiger partial charge < -0.3 is 10.6 Å². The third-order valence-corrected chi connectivity index (χ3v) is 8.66. The first-order valence-electron chi connectivity index (χ1n) is 11.6. The Kier molecular flexibility index (Phi) is 9.71. The molecule has 1 heterocycles. The van der Waals surface area contributed by atoms with Crippen LogP contribution in [0.3, 0.4) is 0 Å². The number of piperidine rings is 1. The number of aryl methyl sites for hydroxylation is 1. The minimum Gasteiger partial charge on any atom is -0.350 e.